The molecule has 2 aromatic rings. The molecule has 2 N–H and O–H groups in total. The molecule has 0 radical (unpaired) electrons. The number of aromatic nitrogens is 2. The molecule has 6 nitrogen and oxygen atoms in total. The number of amidine groups is 1. The predicted molar refractivity (Wildman–Crippen MR) is 59.5 cm³/mol. The van der Waals surface area contributed by atoms with Crippen molar-refractivity contribution in [2.75, 3.05) is 0 Å². The van der Waals surface area contributed by atoms with Crippen molar-refractivity contribution in [3.8, 4) is 0 Å². The van der Waals surface area contributed by atoms with E-state index in [4.69, 9.17) is 5.21 Å². The highest BCUT2D eigenvalue weighted by atomic mass is 79.9. The summed E-state index contributed by atoms with van der Waals surface area (Å²) in [6.07, 6.45) is 1.28. The molecule has 2 rings (SSSR count). The molecule has 0 atom stereocenters. The van der Waals surface area contributed by atoms with Gasteiger partial charge in [0.1, 0.15) is 12.0 Å². The van der Waals surface area contributed by atoms with Crippen molar-refractivity contribution in [3.63, 3.8) is 0 Å². The standard InChI is InChI=1S/C9H6BrFN4O2/c10-6-3-5(1-2-7(6)11)13-9(14-16)8-4-12-17-15-8/h1-4,16H,(H,13,14). The lowest BCUT2D eigenvalue weighted by molar-refractivity contribution is 0.234. The Bertz CT molecular complexity index is 544. The largest absolute Gasteiger partial charge is 0.290 e. The minimum atomic E-state index is -0.398. The van der Waals surface area contributed by atoms with E-state index in [1.165, 1.54) is 24.4 Å². The van der Waals surface area contributed by atoms with Gasteiger partial charge in [0.15, 0.2) is 11.5 Å². The van der Waals surface area contributed by atoms with E-state index in [2.05, 4.69) is 35.9 Å². The fourth-order valence-corrected chi connectivity index (χ4v) is 1.46. The van der Waals surface area contributed by atoms with Crippen LogP contribution >= 0.6 is 15.9 Å². The summed E-state index contributed by atoms with van der Waals surface area (Å²) in [5.41, 5.74) is 2.52. The summed E-state index contributed by atoms with van der Waals surface area (Å²) in [4.78, 5) is 4.02. The van der Waals surface area contributed by atoms with Crippen LogP contribution in [0.25, 0.3) is 0 Å². The van der Waals surface area contributed by atoms with Gasteiger partial charge in [0.05, 0.1) is 10.2 Å². The third kappa shape index (κ3) is 2.66. The summed E-state index contributed by atoms with van der Waals surface area (Å²) >= 11 is 3.03. The van der Waals surface area contributed by atoms with E-state index in [9.17, 15) is 4.39 Å². The van der Waals surface area contributed by atoms with Crippen LogP contribution in [0.1, 0.15) is 5.69 Å². The molecule has 8 heteroatoms. The molecule has 0 aliphatic carbocycles. The van der Waals surface area contributed by atoms with Crippen molar-refractivity contribution in [3.05, 3.63) is 40.4 Å². The second kappa shape index (κ2) is 5.02. The Morgan fingerprint density at radius 1 is 1.53 bits per heavy atom. The first kappa shape index (κ1) is 11.7. The molecule has 0 amide bonds. The fraction of sp³-hybridized carbons (Fsp3) is 0. The molecule has 0 aliphatic heterocycles. The van der Waals surface area contributed by atoms with Gasteiger partial charge in [-0.2, -0.15) is 0 Å². The van der Waals surface area contributed by atoms with E-state index in [1.54, 1.807) is 0 Å². The van der Waals surface area contributed by atoms with Crippen LogP contribution in [-0.2, 0) is 0 Å². The minimum absolute atomic E-state index is 0.0461. The highest BCUT2D eigenvalue weighted by molar-refractivity contribution is 9.10. The molecule has 0 unspecified atom stereocenters. The van der Waals surface area contributed by atoms with Crippen molar-refractivity contribution in [1.29, 1.82) is 0 Å². The average Bonchev–Trinajstić information content (AvgIpc) is 2.84. The van der Waals surface area contributed by atoms with Crippen molar-refractivity contribution in [1.82, 2.24) is 15.8 Å². The van der Waals surface area contributed by atoms with Crippen molar-refractivity contribution in [2.24, 2.45) is 4.99 Å². The van der Waals surface area contributed by atoms with Crippen LogP contribution in [0.4, 0.5) is 10.1 Å². The number of rotatable bonds is 2. The lowest BCUT2D eigenvalue weighted by atomic mass is 10.3. The van der Waals surface area contributed by atoms with Gasteiger partial charge < -0.3 is 0 Å². The Balaban J connectivity index is 2.36. The summed E-state index contributed by atoms with van der Waals surface area (Å²) in [5.74, 6) is -0.352. The number of hydrogen-bond acceptors (Lipinski definition) is 5. The quantitative estimate of drug-likeness (QED) is 0.504. The summed E-state index contributed by atoms with van der Waals surface area (Å²) in [5, 5.41) is 15.8. The normalized spacial score (nSPS) is 11.6. The number of benzene rings is 1. The average molecular weight is 301 g/mol. The lowest BCUT2D eigenvalue weighted by Crippen LogP contribution is -2.20. The van der Waals surface area contributed by atoms with Crippen LogP contribution in [0.5, 0.6) is 0 Å². The van der Waals surface area contributed by atoms with Crippen molar-refractivity contribution in [2.45, 2.75) is 0 Å². The number of nitrogens with one attached hydrogen (secondary N) is 1. The zero-order valence-electron chi connectivity index (χ0n) is 8.26. The second-order valence-corrected chi connectivity index (χ2v) is 3.82. The molecule has 1 aromatic heterocycles. The molecule has 1 aromatic carbocycles. The molecular formula is C9H6BrFN4O2. The van der Waals surface area contributed by atoms with Gasteiger partial charge in [-0.25, -0.2) is 14.0 Å². The van der Waals surface area contributed by atoms with Gasteiger partial charge in [0.25, 0.3) is 0 Å². The van der Waals surface area contributed by atoms with Crippen LogP contribution in [0.2, 0.25) is 0 Å². The Hall–Kier alpha value is -1.80. The molecule has 1 heterocycles. The molecule has 0 saturated carbocycles. The van der Waals surface area contributed by atoms with Gasteiger partial charge in [0.2, 0.25) is 0 Å². The van der Waals surface area contributed by atoms with E-state index in [0.717, 1.165) is 0 Å². The van der Waals surface area contributed by atoms with E-state index in [0.29, 0.717) is 5.69 Å². The predicted octanol–water partition coefficient (Wildman–Crippen LogP) is 2.03. The van der Waals surface area contributed by atoms with Gasteiger partial charge >= 0.3 is 0 Å². The molecule has 88 valence electrons. The van der Waals surface area contributed by atoms with Gasteiger partial charge in [-0.05, 0) is 39.3 Å². The Morgan fingerprint density at radius 3 is 2.94 bits per heavy atom. The molecule has 0 aliphatic rings. The molecule has 0 bridgehead atoms. The first-order chi connectivity index (χ1) is 8.20. The number of hydrogen-bond donors (Lipinski definition) is 2. The van der Waals surface area contributed by atoms with Crippen LogP contribution in [0.15, 0.2) is 38.5 Å². The summed E-state index contributed by atoms with van der Waals surface area (Å²) in [6, 6.07) is 4.16. The van der Waals surface area contributed by atoms with Gasteiger partial charge in [-0.3, -0.25) is 10.7 Å². The summed E-state index contributed by atoms with van der Waals surface area (Å²) in [6.45, 7) is 0. The monoisotopic (exact) mass is 300 g/mol. The van der Waals surface area contributed by atoms with E-state index in [1.807, 2.05) is 5.48 Å². The van der Waals surface area contributed by atoms with Gasteiger partial charge in [0, 0.05) is 0 Å². The Morgan fingerprint density at radius 2 is 2.35 bits per heavy atom. The van der Waals surface area contributed by atoms with Crippen LogP contribution in [-0.4, -0.2) is 21.4 Å². The van der Waals surface area contributed by atoms with Gasteiger partial charge in [-0.15, -0.1) is 0 Å². The van der Waals surface area contributed by atoms with Crippen LogP contribution < -0.4 is 5.48 Å². The minimum Gasteiger partial charge on any atom is -0.290 e. The van der Waals surface area contributed by atoms with Crippen molar-refractivity contribution < 1.29 is 14.2 Å². The molecular weight excluding hydrogens is 295 g/mol. The van der Waals surface area contributed by atoms with Gasteiger partial charge in [-0.1, -0.05) is 5.16 Å². The Labute approximate surface area is 103 Å². The van der Waals surface area contributed by atoms with E-state index >= 15 is 0 Å². The third-order valence-electron chi connectivity index (χ3n) is 1.85. The topological polar surface area (TPSA) is 83.5 Å². The first-order valence-corrected chi connectivity index (χ1v) is 5.22. The second-order valence-electron chi connectivity index (χ2n) is 2.96. The number of nitrogens with zero attached hydrogens (tertiary/aromatic N) is 3. The third-order valence-corrected chi connectivity index (χ3v) is 2.46. The maximum absolute atomic E-state index is 13.0. The molecule has 0 spiro atoms. The zero-order valence-corrected chi connectivity index (χ0v) is 9.85. The first-order valence-electron chi connectivity index (χ1n) is 4.42. The zero-order chi connectivity index (χ0) is 12.3. The van der Waals surface area contributed by atoms with Crippen LogP contribution in [0.3, 0.4) is 0 Å². The van der Waals surface area contributed by atoms with Crippen LogP contribution in [0, 0.1) is 5.82 Å². The fourth-order valence-electron chi connectivity index (χ4n) is 1.09. The van der Waals surface area contributed by atoms with E-state index in [-0.39, 0.29) is 16.0 Å². The smallest absolute Gasteiger partial charge is 0.181 e. The maximum Gasteiger partial charge on any atom is 0.181 e. The highest BCUT2D eigenvalue weighted by Crippen LogP contribution is 2.22. The molecule has 0 saturated heterocycles. The SMILES string of the molecule is ONC(=Nc1ccc(F)c(Br)c1)c1cnon1. The van der Waals surface area contributed by atoms with E-state index < -0.39 is 5.82 Å². The highest BCUT2D eigenvalue weighted by Gasteiger charge is 2.08. The lowest BCUT2D eigenvalue weighted by Gasteiger charge is -2.01. The number of aliphatic imine (C=N–C) groups is 1. The number of hydroxylamine groups is 1. The number of halogens is 2. The maximum atomic E-state index is 13.0. The Kier molecular flexibility index (Phi) is 3.45. The molecule has 0 fully saturated rings. The molecule has 17 heavy (non-hydrogen) atoms. The summed E-state index contributed by atoms with van der Waals surface area (Å²) < 4.78 is 17.6. The summed E-state index contributed by atoms with van der Waals surface area (Å²) in [7, 11) is 0. The van der Waals surface area contributed by atoms with Crippen molar-refractivity contribution >= 4 is 27.5 Å².